The average molecular weight is 432 g/mol. The number of hydrogen-bond acceptors (Lipinski definition) is 3. The summed E-state index contributed by atoms with van der Waals surface area (Å²) in [6.45, 7) is 4.09. The van der Waals surface area contributed by atoms with Crippen LogP contribution in [-0.2, 0) is 6.18 Å². The lowest BCUT2D eigenvalue weighted by Crippen LogP contribution is -2.06. The van der Waals surface area contributed by atoms with E-state index in [0.29, 0.717) is 6.61 Å². The summed E-state index contributed by atoms with van der Waals surface area (Å²) in [5.41, 5.74) is -0.135. The Kier molecular flexibility index (Phi) is 8.37. The summed E-state index contributed by atoms with van der Waals surface area (Å²) in [4.78, 5) is 0.805. The molecule has 158 valence electrons. The van der Waals surface area contributed by atoms with E-state index in [9.17, 15) is 22.0 Å². The Morgan fingerprint density at radius 2 is 1.69 bits per heavy atom. The molecule has 0 saturated heterocycles. The highest BCUT2D eigenvalue weighted by Crippen LogP contribution is 2.31. The van der Waals surface area contributed by atoms with Crippen molar-refractivity contribution in [3.63, 3.8) is 0 Å². The fraction of sp³-hybridized carbons (Fsp3) is 0.333. The molecule has 2 aromatic carbocycles. The van der Waals surface area contributed by atoms with Gasteiger partial charge in [-0.3, -0.25) is 0 Å². The predicted octanol–water partition coefficient (Wildman–Crippen LogP) is 7.12. The minimum atomic E-state index is -4.46. The van der Waals surface area contributed by atoms with Gasteiger partial charge in [-0.25, -0.2) is 0 Å². The molecule has 0 aliphatic rings. The molecule has 0 unspecified atom stereocenters. The Morgan fingerprint density at radius 1 is 1.00 bits per heavy atom. The smallest absolute Gasteiger partial charge is 0.416 e. The van der Waals surface area contributed by atoms with Gasteiger partial charge < -0.3 is 9.47 Å². The molecule has 8 heteroatoms. The molecule has 0 aromatic heterocycles. The molecular formula is C21H21F5O2S. The third kappa shape index (κ3) is 7.27. The van der Waals surface area contributed by atoms with Gasteiger partial charge in [0.15, 0.2) is 0 Å². The molecule has 2 nitrogen and oxygen atoms in total. The molecular weight excluding hydrogens is 411 g/mol. The Bertz CT molecular complexity index is 828. The number of rotatable bonds is 9. The van der Waals surface area contributed by atoms with Crippen molar-refractivity contribution in [2.75, 3.05) is 19.0 Å². The highest BCUT2D eigenvalue weighted by molar-refractivity contribution is 7.99. The van der Waals surface area contributed by atoms with Gasteiger partial charge >= 0.3 is 6.18 Å². The fourth-order valence-electron chi connectivity index (χ4n) is 2.32. The second-order valence-corrected chi connectivity index (χ2v) is 7.29. The first-order valence-corrected chi connectivity index (χ1v) is 9.88. The first kappa shape index (κ1) is 23.1. The first-order chi connectivity index (χ1) is 13.7. The molecule has 0 aliphatic carbocycles. The van der Waals surface area contributed by atoms with E-state index in [0.717, 1.165) is 46.9 Å². The monoisotopic (exact) mass is 432 g/mol. The number of thioether (sulfide) groups is 1. The highest BCUT2D eigenvalue weighted by atomic mass is 32.2. The third-order valence-corrected chi connectivity index (χ3v) is 4.96. The Morgan fingerprint density at radius 3 is 2.24 bits per heavy atom. The molecule has 0 saturated carbocycles. The van der Waals surface area contributed by atoms with E-state index in [4.69, 9.17) is 9.47 Å². The van der Waals surface area contributed by atoms with Gasteiger partial charge in [-0.05, 0) is 61.4 Å². The lowest BCUT2D eigenvalue weighted by Gasteiger charge is -2.12. The standard InChI is InChI=1S/C21H21F5O2S/c1-3-10-27-19-9-8-18(11-14(19)2)29-13-15(20(22)23)12-28-17-6-4-16(5-7-17)21(24,25)26/h4-9,11H,3,10,12-13H2,1-2H3. The van der Waals surface area contributed by atoms with E-state index < -0.39 is 24.4 Å². The van der Waals surface area contributed by atoms with Gasteiger partial charge in [-0.1, -0.05) is 6.92 Å². The number of halogens is 5. The molecule has 0 radical (unpaired) electrons. The van der Waals surface area contributed by atoms with Crippen molar-refractivity contribution < 1.29 is 31.4 Å². The van der Waals surface area contributed by atoms with Crippen molar-refractivity contribution in [2.24, 2.45) is 0 Å². The zero-order chi connectivity index (χ0) is 21.4. The van der Waals surface area contributed by atoms with Gasteiger partial charge in [-0.15, -0.1) is 11.8 Å². The van der Waals surface area contributed by atoms with Gasteiger partial charge in [0.1, 0.15) is 18.1 Å². The molecule has 0 amide bonds. The fourth-order valence-corrected chi connectivity index (χ4v) is 3.28. The molecule has 0 spiro atoms. The average Bonchev–Trinajstić information content (AvgIpc) is 2.66. The third-order valence-electron chi connectivity index (χ3n) is 3.88. The maximum atomic E-state index is 13.2. The van der Waals surface area contributed by atoms with Crippen LogP contribution >= 0.6 is 11.8 Å². The van der Waals surface area contributed by atoms with Crippen molar-refractivity contribution in [3.05, 3.63) is 65.2 Å². The lowest BCUT2D eigenvalue weighted by atomic mass is 10.2. The minimum Gasteiger partial charge on any atom is -0.493 e. The van der Waals surface area contributed by atoms with E-state index in [-0.39, 0.29) is 17.1 Å². The molecule has 0 aliphatic heterocycles. The van der Waals surface area contributed by atoms with Crippen LogP contribution in [-0.4, -0.2) is 19.0 Å². The van der Waals surface area contributed by atoms with E-state index in [2.05, 4.69) is 0 Å². The second-order valence-electron chi connectivity index (χ2n) is 6.24. The largest absolute Gasteiger partial charge is 0.493 e. The van der Waals surface area contributed by atoms with Gasteiger partial charge in [-0.2, -0.15) is 22.0 Å². The summed E-state index contributed by atoms with van der Waals surface area (Å²) in [5, 5.41) is 0. The summed E-state index contributed by atoms with van der Waals surface area (Å²) in [7, 11) is 0. The molecule has 0 heterocycles. The first-order valence-electron chi connectivity index (χ1n) is 8.90. The Balaban J connectivity index is 1.94. The van der Waals surface area contributed by atoms with Crippen molar-refractivity contribution in [1.29, 1.82) is 0 Å². The van der Waals surface area contributed by atoms with Crippen LogP contribution in [0.15, 0.2) is 59.0 Å². The van der Waals surface area contributed by atoms with E-state index in [1.807, 2.05) is 19.9 Å². The van der Waals surface area contributed by atoms with Crippen LogP contribution in [0, 0.1) is 6.92 Å². The van der Waals surface area contributed by atoms with E-state index >= 15 is 0 Å². The van der Waals surface area contributed by atoms with Gasteiger partial charge in [0.05, 0.1) is 12.2 Å². The maximum absolute atomic E-state index is 13.2. The van der Waals surface area contributed by atoms with Gasteiger partial charge in [0.2, 0.25) is 0 Å². The van der Waals surface area contributed by atoms with Crippen LogP contribution in [0.2, 0.25) is 0 Å². The number of benzene rings is 2. The Labute approximate surface area is 170 Å². The van der Waals surface area contributed by atoms with Crippen LogP contribution in [0.3, 0.4) is 0 Å². The normalized spacial score (nSPS) is 11.3. The van der Waals surface area contributed by atoms with Crippen molar-refractivity contribution in [3.8, 4) is 11.5 Å². The van der Waals surface area contributed by atoms with E-state index in [1.54, 1.807) is 12.1 Å². The second kappa shape index (κ2) is 10.5. The minimum absolute atomic E-state index is 0.00241. The molecule has 0 bridgehead atoms. The molecule has 29 heavy (non-hydrogen) atoms. The summed E-state index contributed by atoms with van der Waals surface area (Å²) >= 11 is 1.22. The number of aryl methyl sites for hydroxylation is 1. The van der Waals surface area contributed by atoms with Crippen LogP contribution in [0.4, 0.5) is 22.0 Å². The summed E-state index contributed by atoms with van der Waals surface area (Å²) in [6.07, 6.45) is -5.43. The van der Waals surface area contributed by atoms with Crippen LogP contribution in [0.1, 0.15) is 24.5 Å². The van der Waals surface area contributed by atoms with Crippen molar-refractivity contribution >= 4 is 11.8 Å². The maximum Gasteiger partial charge on any atom is 0.416 e. The SMILES string of the molecule is CCCOc1ccc(SCC(COc2ccc(C(F)(F)F)cc2)=C(F)F)cc1C. The quantitative estimate of drug-likeness (QED) is 0.310. The zero-order valence-electron chi connectivity index (χ0n) is 16.0. The molecule has 2 aromatic rings. The van der Waals surface area contributed by atoms with E-state index in [1.165, 1.54) is 11.8 Å². The summed E-state index contributed by atoms with van der Waals surface area (Å²) in [6, 6.07) is 9.40. The number of hydrogen-bond donors (Lipinski definition) is 0. The van der Waals surface area contributed by atoms with Crippen LogP contribution < -0.4 is 9.47 Å². The summed E-state index contributed by atoms with van der Waals surface area (Å²) < 4.78 is 75.0. The molecule has 2 rings (SSSR count). The molecule has 0 N–H and O–H groups in total. The number of ether oxygens (including phenoxy) is 2. The van der Waals surface area contributed by atoms with Crippen LogP contribution in [0.5, 0.6) is 11.5 Å². The molecule has 0 atom stereocenters. The van der Waals surface area contributed by atoms with Crippen molar-refractivity contribution in [2.45, 2.75) is 31.3 Å². The lowest BCUT2D eigenvalue weighted by molar-refractivity contribution is -0.137. The van der Waals surface area contributed by atoms with Crippen LogP contribution in [0.25, 0.3) is 0 Å². The number of alkyl halides is 3. The predicted molar refractivity (Wildman–Crippen MR) is 104 cm³/mol. The van der Waals surface area contributed by atoms with Gasteiger partial charge in [0, 0.05) is 16.2 Å². The van der Waals surface area contributed by atoms with Crippen molar-refractivity contribution in [1.82, 2.24) is 0 Å². The topological polar surface area (TPSA) is 18.5 Å². The Hall–Kier alpha value is -2.22. The zero-order valence-corrected chi connectivity index (χ0v) is 16.8. The van der Waals surface area contributed by atoms with Gasteiger partial charge in [0.25, 0.3) is 6.08 Å². The molecule has 0 fully saturated rings. The highest BCUT2D eigenvalue weighted by Gasteiger charge is 2.30. The summed E-state index contributed by atoms with van der Waals surface area (Å²) in [5.74, 6) is 0.849.